The zero-order valence-electron chi connectivity index (χ0n) is 11.9. The fourth-order valence-corrected chi connectivity index (χ4v) is 2.22. The van der Waals surface area contributed by atoms with Gasteiger partial charge in [-0.25, -0.2) is 4.68 Å². The Morgan fingerprint density at radius 3 is 2.57 bits per heavy atom. The molecule has 0 saturated heterocycles. The standard InChI is InChI=1S/C15H16N2O3S/c1-3-20-15(19)10-17-14(18)9-8-13(16-17)11-4-6-12(21-2)7-5-11/h4-9H,3,10H2,1-2H3. The molecule has 0 N–H and O–H groups in total. The number of hydrogen-bond donors (Lipinski definition) is 0. The first kappa shape index (κ1) is 15.3. The van der Waals surface area contributed by atoms with Gasteiger partial charge in [-0.05, 0) is 31.4 Å². The zero-order valence-corrected chi connectivity index (χ0v) is 12.7. The van der Waals surface area contributed by atoms with Gasteiger partial charge in [-0.3, -0.25) is 9.59 Å². The van der Waals surface area contributed by atoms with Crippen LogP contribution < -0.4 is 5.56 Å². The molecule has 0 radical (unpaired) electrons. The number of rotatable bonds is 5. The average Bonchev–Trinajstić information content (AvgIpc) is 2.50. The van der Waals surface area contributed by atoms with Crippen LogP contribution >= 0.6 is 11.8 Å². The van der Waals surface area contributed by atoms with Crippen LogP contribution in [0.1, 0.15) is 6.92 Å². The van der Waals surface area contributed by atoms with Gasteiger partial charge in [-0.2, -0.15) is 5.10 Å². The number of hydrogen-bond acceptors (Lipinski definition) is 5. The number of nitrogens with zero attached hydrogens (tertiary/aromatic N) is 2. The van der Waals surface area contributed by atoms with Gasteiger partial charge in [0.25, 0.3) is 5.56 Å². The van der Waals surface area contributed by atoms with Gasteiger partial charge in [0.1, 0.15) is 6.54 Å². The largest absolute Gasteiger partial charge is 0.465 e. The molecule has 0 amide bonds. The van der Waals surface area contributed by atoms with E-state index >= 15 is 0 Å². The first-order valence-corrected chi connectivity index (χ1v) is 7.74. The van der Waals surface area contributed by atoms with E-state index in [0.717, 1.165) is 15.1 Å². The second kappa shape index (κ2) is 7.08. The molecule has 0 fully saturated rings. The highest BCUT2D eigenvalue weighted by molar-refractivity contribution is 7.98. The van der Waals surface area contributed by atoms with E-state index in [1.165, 1.54) is 6.07 Å². The highest BCUT2D eigenvalue weighted by Gasteiger charge is 2.08. The van der Waals surface area contributed by atoms with Gasteiger partial charge < -0.3 is 4.74 Å². The lowest BCUT2D eigenvalue weighted by Gasteiger charge is -2.07. The van der Waals surface area contributed by atoms with Crippen LogP contribution in [0.15, 0.2) is 46.1 Å². The van der Waals surface area contributed by atoms with E-state index in [1.807, 2.05) is 30.5 Å². The van der Waals surface area contributed by atoms with Gasteiger partial charge in [-0.1, -0.05) is 12.1 Å². The summed E-state index contributed by atoms with van der Waals surface area (Å²) in [6.07, 6.45) is 2.01. The number of aromatic nitrogens is 2. The summed E-state index contributed by atoms with van der Waals surface area (Å²) in [5.74, 6) is -0.470. The van der Waals surface area contributed by atoms with E-state index < -0.39 is 5.97 Å². The SMILES string of the molecule is CCOC(=O)Cn1nc(-c2ccc(SC)cc2)ccc1=O. The van der Waals surface area contributed by atoms with Crippen molar-refractivity contribution < 1.29 is 9.53 Å². The summed E-state index contributed by atoms with van der Waals surface area (Å²) >= 11 is 1.66. The molecule has 1 aromatic heterocycles. The van der Waals surface area contributed by atoms with Crippen molar-refractivity contribution in [3.8, 4) is 11.3 Å². The molecule has 1 heterocycles. The third-order valence-corrected chi connectivity index (χ3v) is 3.58. The van der Waals surface area contributed by atoms with Crippen molar-refractivity contribution in [2.75, 3.05) is 12.9 Å². The Hall–Kier alpha value is -2.08. The van der Waals surface area contributed by atoms with E-state index in [9.17, 15) is 9.59 Å². The second-order valence-corrected chi connectivity index (χ2v) is 5.13. The minimum atomic E-state index is -0.470. The van der Waals surface area contributed by atoms with Crippen LogP contribution in [0.4, 0.5) is 0 Å². The van der Waals surface area contributed by atoms with E-state index in [4.69, 9.17) is 4.74 Å². The number of ether oxygens (including phenoxy) is 1. The molecule has 6 heteroatoms. The van der Waals surface area contributed by atoms with Crippen LogP contribution in [0.25, 0.3) is 11.3 Å². The first-order chi connectivity index (χ1) is 10.1. The van der Waals surface area contributed by atoms with Crippen LogP contribution in [0.3, 0.4) is 0 Å². The summed E-state index contributed by atoms with van der Waals surface area (Å²) in [7, 11) is 0. The Morgan fingerprint density at radius 2 is 1.95 bits per heavy atom. The molecule has 2 rings (SSSR count). The molecule has 0 aliphatic carbocycles. The van der Waals surface area contributed by atoms with Crippen LogP contribution in [0.2, 0.25) is 0 Å². The summed E-state index contributed by atoms with van der Waals surface area (Å²) in [5.41, 5.74) is 1.21. The fraction of sp³-hybridized carbons (Fsp3) is 0.267. The number of benzene rings is 1. The lowest BCUT2D eigenvalue weighted by molar-refractivity contribution is -0.144. The van der Waals surface area contributed by atoms with Gasteiger partial charge in [0.05, 0.1) is 12.3 Å². The van der Waals surface area contributed by atoms with Crippen LogP contribution in [-0.2, 0) is 16.1 Å². The molecule has 110 valence electrons. The summed E-state index contributed by atoms with van der Waals surface area (Å²) in [6.45, 7) is 1.82. The zero-order chi connectivity index (χ0) is 15.2. The van der Waals surface area contributed by atoms with Gasteiger partial charge in [0.15, 0.2) is 0 Å². The molecule has 1 aromatic carbocycles. The van der Waals surface area contributed by atoms with Gasteiger partial charge in [0.2, 0.25) is 0 Å². The maximum Gasteiger partial charge on any atom is 0.327 e. The van der Waals surface area contributed by atoms with Gasteiger partial charge in [0, 0.05) is 16.5 Å². The fourth-order valence-electron chi connectivity index (χ4n) is 1.81. The second-order valence-electron chi connectivity index (χ2n) is 4.25. The lowest BCUT2D eigenvalue weighted by Crippen LogP contribution is -2.27. The predicted octanol–water partition coefficient (Wildman–Crippen LogP) is 2.20. The molecule has 5 nitrogen and oxygen atoms in total. The molecule has 0 aliphatic heterocycles. The van der Waals surface area contributed by atoms with Crippen LogP contribution in [-0.4, -0.2) is 28.6 Å². The first-order valence-electron chi connectivity index (χ1n) is 6.52. The highest BCUT2D eigenvalue weighted by atomic mass is 32.2. The molecule has 2 aromatic rings. The molecule has 21 heavy (non-hydrogen) atoms. The Labute approximate surface area is 126 Å². The molecule has 0 atom stereocenters. The Morgan fingerprint density at radius 1 is 1.24 bits per heavy atom. The van der Waals surface area contributed by atoms with Crippen LogP contribution in [0.5, 0.6) is 0 Å². The van der Waals surface area contributed by atoms with Gasteiger partial charge >= 0.3 is 5.97 Å². The van der Waals surface area contributed by atoms with Crippen molar-refractivity contribution in [1.82, 2.24) is 9.78 Å². The molecular formula is C15H16N2O3S. The maximum absolute atomic E-state index is 11.7. The number of esters is 1. The van der Waals surface area contributed by atoms with Crippen molar-refractivity contribution in [2.45, 2.75) is 18.4 Å². The smallest absolute Gasteiger partial charge is 0.327 e. The van der Waals surface area contributed by atoms with E-state index in [1.54, 1.807) is 24.8 Å². The van der Waals surface area contributed by atoms with Crippen molar-refractivity contribution in [3.05, 3.63) is 46.8 Å². The molecule has 0 bridgehead atoms. The summed E-state index contributed by atoms with van der Waals surface area (Å²) in [5, 5.41) is 4.22. The summed E-state index contributed by atoms with van der Waals surface area (Å²) < 4.78 is 5.96. The third kappa shape index (κ3) is 3.95. The molecule has 0 aliphatic rings. The number of carbonyl (C=O) groups is 1. The molecular weight excluding hydrogens is 288 g/mol. The third-order valence-electron chi connectivity index (χ3n) is 2.84. The monoisotopic (exact) mass is 304 g/mol. The van der Waals surface area contributed by atoms with E-state index in [-0.39, 0.29) is 18.7 Å². The Bertz CT molecular complexity index is 680. The minimum Gasteiger partial charge on any atom is -0.465 e. The van der Waals surface area contributed by atoms with Crippen molar-refractivity contribution >= 4 is 17.7 Å². The minimum absolute atomic E-state index is 0.177. The normalized spacial score (nSPS) is 10.4. The maximum atomic E-state index is 11.7. The van der Waals surface area contributed by atoms with E-state index in [2.05, 4.69) is 5.10 Å². The quantitative estimate of drug-likeness (QED) is 0.626. The molecule has 0 saturated carbocycles. The Kier molecular flexibility index (Phi) is 5.16. The van der Waals surface area contributed by atoms with Crippen molar-refractivity contribution in [2.24, 2.45) is 0 Å². The topological polar surface area (TPSA) is 61.2 Å². The summed E-state index contributed by atoms with van der Waals surface area (Å²) in [4.78, 5) is 24.4. The average molecular weight is 304 g/mol. The highest BCUT2D eigenvalue weighted by Crippen LogP contribution is 2.20. The van der Waals surface area contributed by atoms with Crippen molar-refractivity contribution in [3.63, 3.8) is 0 Å². The number of thioether (sulfide) groups is 1. The molecule has 0 spiro atoms. The number of carbonyl (C=O) groups excluding carboxylic acids is 1. The molecule has 0 unspecified atom stereocenters. The van der Waals surface area contributed by atoms with E-state index in [0.29, 0.717) is 5.69 Å². The lowest BCUT2D eigenvalue weighted by atomic mass is 10.1. The van der Waals surface area contributed by atoms with Crippen LogP contribution in [0, 0.1) is 0 Å². The predicted molar refractivity (Wildman–Crippen MR) is 82.3 cm³/mol. The summed E-state index contributed by atoms with van der Waals surface area (Å²) in [6, 6.07) is 10.9. The van der Waals surface area contributed by atoms with Gasteiger partial charge in [-0.15, -0.1) is 11.8 Å². The Balaban J connectivity index is 2.28. The van der Waals surface area contributed by atoms with Crippen molar-refractivity contribution in [1.29, 1.82) is 0 Å².